The molecule has 0 aliphatic carbocycles. The molecule has 0 spiro atoms. The third-order valence-corrected chi connectivity index (χ3v) is 6.86. The molecule has 0 fully saturated rings. The molecule has 0 saturated carbocycles. The van der Waals surface area contributed by atoms with Crippen LogP contribution in [0.4, 0.5) is 10.1 Å². The highest BCUT2D eigenvalue weighted by molar-refractivity contribution is 7.99. The molecule has 1 aromatic heterocycles. The van der Waals surface area contributed by atoms with E-state index in [9.17, 15) is 9.18 Å². The Bertz CT molecular complexity index is 1060. The summed E-state index contributed by atoms with van der Waals surface area (Å²) in [5.74, 6) is 1.81. The first-order chi connectivity index (χ1) is 15.0. The van der Waals surface area contributed by atoms with E-state index in [0.717, 1.165) is 17.1 Å². The molecular weight excluding hydrogens is 478 g/mol. The van der Waals surface area contributed by atoms with Crippen molar-refractivity contribution in [1.82, 2.24) is 14.8 Å². The van der Waals surface area contributed by atoms with Gasteiger partial charge in [0.15, 0.2) is 5.16 Å². The molecular formula is C21H19Cl2FN4OS2. The smallest absolute Gasteiger partial charge is 0.234 e. The highest BCUT2D eigenvalue weighted by atomic mass is 35.5. The molecule has 3 rings (SSSR count). The molecule has 1 N–H and O–H groups in total. The van der Waals surface area contributed by atoms with Crippen molar-refractivity contribution in [2.24, 2.45) is 0 Å². The summed E-state index contributed by atoms with van der Waals surface area (Å²) in [5, 5.41) is 12.5. The van der Waals surface area contributed by atoms with Gasteiger partial charge in [0.05, 0.1) is 27.2 Å². The van der Waals surface area contributed by atoms with Crippen LogP contribution in [-0.2, 0) is 22.8 Å². The molecule has 162 valence electrons. The second-order valence-electron chi connectivity index (χ2n) is 6.36. The number of carbonyl (C=O) groups is 1. The Hall–Kier alpha value is -2.00. The van der Waals surface area contributed by atoms with Crippen molar-refractivity contribution in [2.45, 2.75) is 23.2 Å². The predicted molar refractivity (Wildman–Crippen MR) is 127 cm³/mol. The second kappa shape index (κ2) is 11.6. The standard InChI is InChI=1S/C21H19Cl2FN4OS2/c1-2-10-28-18(12-30-11-14-6-8-15(24)9-7-14)26-27-21(28)31-13-19(29)25-17-5-3-4-16(22)20(17)23/h2-9H,1,10-13H2,(H,25,29). The minimum Gasteiger partial charge on any atom is -0.324 e. The van der Waals surface area contributed by atoms with Gasteiger partial charge in [-0.25, -0.2) is 4.39 Å². The van der Waals surface area contributed by atoms with Crippen molar-refractivity contribution in [3.05, 3.63) is 82.4 Å². The van der Waals surface area contributed by atoms with Crippen molar-refractivity contribution in [2.75, 3.05) is 11.1 Å². The summed E-state index contributed by atoms with van der Waals surface area (Å²) >= 11 is 15.0. The van der Waals surface area contributed by atoms with Crippen LogP contribution in [0.1, 0.15) is 11.4 Å². The lowest BCUT2D eigenvalue weighted by molar-refractivity contribution is -0.113. The van der Waals surface area contributed by atoms with E-state index in [-0.39, 0.29) is 17.5 Å². The van der Waals surface area contributed by atoms with Gasteiger partial charge in [-0.1, -0.05) is 59.2 Å². The molecule has 1 heterocycles. The van der Waals surface area contributed by atoms with Crippen LogP contribution in [-0.4, -0.2) is 26.4 Å². The van der Waals surface area contributed by atoms with Crippen LogP contribution in [0.15, 0.2) is 60.3 Å². The average Bonchev–Trinajstić information content (AvgIpc) is 3.13. The highest BCUT2D eigenvalue weighted by Crippen LogP contribution is 2.30. The Morgan fingerprint density at radius 1 is 1.16 bits per heavy atom. The number of benzene rings is 2. The van der Waals surface area contributed by atoms with E-state index < -0.39 is 0 Å². The number of hydrogen-bond donors (Lipinski definition) is 1. The summed E-state index contributed by atoms with van der Waals surface area (Å²) in [6.07, 6.45) is 1.76. The first kappa shape index (κ1) is 23.7. The van der Waals surface area contributed by atoms with Crippen LogP contribution in [0.5, 0.6) is 0 Å². The van der Waals surface area contributed by atoms with Crippen molar-refractivity contribution >= 4 is 58.3 Å². The van der Waals surface area contributed by atoms with Crippen molar-refractivity contribution in [1.29, 1.82) is 0 Å². The van der Waals surface area contributed by atoms with Gasteiger partial charge in [0, 0.05) is 12.3 Å². The number of amides is 1. The van der Waals surface area contributed by atoms with E-state index in [1.165, 1.54) is 23.9 Å². The zero-order chi connectivity index (χ0) is 22.2. The molecule has 0 bridgehead atoms. The van der Waals surface area contributed by atoms with Gasteiger partial charge in [-0.05, 0) is 29.8 Å². The molecule has 0 aliphatic rings. The molecule has 0 unspecified atom stereocenters. The lowest BCUT2D eigenvalue weighted by atomic mass is 10.2. The van der Waals surface area contributed by atoms with Gasteiger partial charge in [0.25, 0.3) is 0 Å². The Morgan fingerprint density at radius 2 is 1.94 bits per heavy atom. The number of halogens is 3. The average molecular weight is 497 g/mol. The molecule has 5 nitrogen and oxygen atoms in total. The SMILES string of the molecule is C=CCn1c(CSCc2ccc(F)cc2)nnc1SCC(=O)Nc1cccc(Cl)c1Cl. The minimum atomic E-state index is -0.247. The fraction of sp³-hybridized carbons (Fsp3) is 0.190. The van der Waals surface area contributed by atoms with Crippen molar-refractivity contribution in [3.63, 3.8) is 0 Å². The number of nitrogens with one attached hydrogen (secondary N) is 1. The van der Waals surface area contributed by atoms with Gasteiger partial charge in [-0.2, -0.15) is 0 Å². The number of rotatable bonds is 10. The number of nitrogens with zero attached hydrogens (tertiary/aromatic N) is 3. The third kappa shape index (κ3) is 6.74. The Kier molecular flexibility index (Phi) is 8.83. The molecule has 10 heteroatoms. The summed E-state index contributed by atoms with van der Waals surface area (Å²) in [6, 6.07) is 11.5. The predicted octanol–water partition coefficient (Wildman–Crippen LogP) is 6.07. The summed E-state index contributed by atoms with van der Waals surface area (Å²) in [5.41, 5.74) is 1.50. The van der Waals surface area contributed by atoms with Crippen molar-refractivity contribution < 1.29 is 9.18 Å². The van der Waals surface area contributed by atoms with E-state index in [1.807, 2.05) is 4.57 Å². The molecule has 31 heavy (non-hydrogen) atoms. The number of carbonyl (C=O) groups excluding carboxylic acids is 1. The molecule has 2 aromatic carbocycles. The van der Waals surface area contributed by atoms with Gasteiger partial charge >= 0.3 is 0 Å². The first-order valence-electron chi connectivity index (χ1n) is 9.19. The van der Waals surface area contributed by atoms with E-state index in [0.29, 0.717) is 33.2 Å². The van der Waals surface area contributed by atoms with Crippen LogP contribution in [0, 0.1) is 5.82 Å². The lowest BCUT2D eigenvalue weighted by Gasteiger charge is -2.09. The minimum absolute atomic E-state index is 0.140. The van der Waals surface area contributed by atoms with E-state index in [2.05, 4.69) is 22.1 Å². The Balaban J connectivity index is 1.57. The maximum atomic E-state index is 13.0. The van der Waals surface area contributed by atoms with Crippen molar-refractivity contribution in [3.8, 4) is 0 Å². The molecule has 1 amide bonds. The maximum absolute atomic E-state index is 13.0. The fourth-order valence-corrected chi connectivity index (χ4v) is 4.64. The number of hydrogen-bond acceptors (Lipinski definition) is 5. The normalized spacial score (nSPS) is 10.8. The van der Waals surface area contributed by atoms with Gasteiger partial charge in [0.2, 0.25) is 5.91 Å². The van der Waals surface area contributed by atoms with Gasteiger partial charge < -0.3 is 9.88 Å². The number of aromatic nitrogens is 3. The van der Waals surface area contributed by atoms with Gasteiger partial charge in [0.1, 0.15) is 11.6 Å². The van der Waals surface area contributed by atoms with Crippen LogP contribution >= 0.6 is 46.7 Å². The molecule has 0 saturated heterocycles. The summed E-state index contributed by atoms with van der Waals surface area (Å²) in [7, 11) is 0. The quantitative estimate of drug-likeness (QED) is 0.272. The molecule has 0 radical (unpaired) electrons. The zero-order valence-corrected chi connectivity index (χ0v) is 19.5. The summed E-state index contributed by atoms with van der Waals surface area (Å²) in [6.45, 7) is 4.32. The van der Waals surface area contributed by atoms with Crippen LogP contribution in [0.2, 0.25) is 10.0 Å². The van der Waals surface area contributed by atoms with E-state index in [4.69, 9.17) is 23.2 Å². The monoisotopic (exact) mass is 496 g/mol. The summed E-state index contributed by atoms with van der Waals surface area (Å²) < 4.78 is 14.9. The number of allylic oxidation sites excluding steroid dienone is 1. The largest absolute Gasteiger partial charge is 0.324 e. The van der Waals surface area contributed by atoms with Gasteiger partial charge in [-0.15, -0.1) is 28.5 Å². The highest BCUT2D eigenvalue weighted by Gasteiger charge is 2.15. The van der Waals surface area contributed by atoms with Crippen LogP contribution < -0.4 is 5.32 Å². The topological polar surface area (TPSA) is 59.8 Å². The molecule has 0 aliphatic heterocycles. The Labute approximate surface area is 198 Å². The zero-order valence-electron chi connectivity index (χ0n) is 16.4. The molecule has 3 aromatic rings. The van der Waals surface area contributed by atoms with Crippen LogP contribution in [0.25, 0.3) is 0 Å². The number of anilines is 1. The Morgan fingerprint density at radius 3 is 2.68 bits per heavy atom. The second-order valence-corrected chi connectivity index (χ2v) is 9.07. The fourth-order valence-electron chi connectivity index (χ4n) is 2.60. The first-order valence-corrected chi connectivity index (χ1v) is 12.1. The van der Waals surface area contributed by atoms with E-state index >= 15 is 0 Å². The van der Waals surface area contributed by atoms with Crippen LogP contribution in [0.3, 0.4) is 0 Å². The molecule has 0 atom stereocenters. The van der Waals surface area contributed by atoms with E-state index in [1.54, 1.807) is 48.2 Å². The maximum Gasteiger partial charge on any atom is 0.234 e. The van der Waals surface area contributed by atoms with Gasteiger partial charge in [-0.3, -0.25) is 4.79 Å². The lowest BCUT2D eigenvalue weighted by Crippen LogP contribution is -2.15. The third-order valence-electron chi connectivity index (χ3n) is 4.08. The summed E-state index contributed by atoms with van der Waals surface area (Å²) in [4.78, 5) is 12.3. The number of thioether (sulfide) groups is 2.